The van der Waals surface area contributed by atoms with Gasteiger partial charge in [-0.15, -0.1) is 0 Å². The van der Waals surface area contributed by atoms with Crippen molar-refractivity contribution >= 4 is 5.91 Å². The van der Waals surface area contributed by atoms with Crippen molar-refractivity contribution in [2.45, 2.75) is 32.2 Å². The van der Waals surface area contributed by atoms with E-state index in [1.54, 1.807) is 0 Å². The van der Waals surface area contributed by atoms with Crippen LogP contribution >= 0.6 is 0 Å². The van der Waals surface area contributed by atoms with Gasteiger partial charge in [0.2, 0.25) is 5.91 Å². The Morgan fingerprint density at radius 2 is 2.00 bits per heavy atom. The van der Waals surface area contributed by atoms with E-state index in [0.717, 1.165) is 23.7 Å². The quantitative estimate of drug-likeness (QED) is 0.755. The predicted molar refractivity (Wildman–Crippen MR) is 56.2 cm³/mol. The molecule has 3 nitrogen and oxygen atoms in total. The molecule has 1 amide bonds. The Bertz CT molecular complexity index is 263. The monoisotopic (exact) mass is 209 g/mol. The van der Waals surface area contributed by atoms with Gasteiger partial charge in [-0.05, 0) is 49.9 Å². The van der Waals surface area contributed by atoms with Crippen LogP contribution in [0.5, 0.6) is 0 Å². The number of amides is 1. The number of fused-ring (bicyclic) bond motifs is 5. The molecule has 4 atom stereocenters. The van der Waals surface area contributed by atoms with Crippen LogP contribution in [0.1, 0.15) is 26.2 Å². The Labute approximate surface area is 90.6 Å². The molecule has 3 aliphatic rings. The molecule has 0 spiro atoms. The molecule has 3 fully saturated rings. The maximum Gasteiger partial charge on any atom is 0.246 e. The molecule has 3 saturated carbocycles. The summed E-state index contributed by atoms with van der Waals surface area (Å²) >= 11 is 0. The fraction of sp³-hybridized carbons (Fsp3) is 0.917. The summed E-state index contributed by atoms with van der Waals surface area (Å²) in [6, 6.07) is 0.504. The standard InChI is InChI=1S/C12H19NO2/c1-2-15-6-9(14)13-12-10-7-3-4-8(5-7)11(10)12/h7-8,10-12H,2-6H2,1H3,(H,13,14). The lowest BCUT2D eigenvalue weighted by molar-refractivity contribution is -0.125. The Morgan fingerprint density at radius 1 is 1.33 bits per heavy atom. The van der Waals surface area contributed by atoms with Gasteiger partial charge in [-0.3, -0.25) is 4.79 Å². The molecule has 0 aromatic heterocycles. The van der Waals surface area contributed by atoms with Crippen LogP contribution in [0.3, 0.4) is 0 Å². The van der Waals surface area contributed by atoms with Crippen molar-refractivity contribution in [3.63, 3.8) is 0 Å². The molecule has 0 aromatic rings. The van der Waals surface area contributed by atoms with Crippen LogP contribution in [0.25, 0.3) is 0 Å². The van der Waals surface area contributed by atoms with Gasteiger partial charge in [0.25, 0.3) is 0 Å². The molecule has 0 saturated heterocycles. The molecular formula is C12H19NO2. The summed E-state index contributed by atoms with van der Waals surface area (Å²) in [7, 11) is 0. The fourth-order valence-electron chi connectivity index (χ4n) is 3.94. The number of hydrogen-bond acceptors (Lipinski definition) is 2. The topological polar surface area (TPSA) is 38.3 Å². The molecule has 0 aliphatic heterocycles. The molecule has 4 unspecified atom stereocenters. The first-order chi connectivity index (χ1) is 7.31. The average molecular weight is 209 g/mol. The number of carbonyl (C=O) groups excluding carboxylic acids is 1. The Kier molecular flexibility index (Phi) is 2.23. The van der Waals surface area contributed by atoms with E-state index in [1.807, 2.05) is 6.92 Å². The zero-order chi connectivity index (χ0) is 10.4. The van der Waals surface area contributed by atoms with Gasteiger partial charge >= 0.3 is 0 Å². The molecule has 0 radical (unpaired) electrons. The highest BCUT2D eigenvalue weighted by molar-refractivity contribution is 5.78. The number of ether oxygens (including phenoxy) is 1. The maximum atomic E-state index is 11.5. The van der Waals surface area contributed by atoms with Gasteiger partial charge in [0.05, 0.1) is 0 Å². The van der Waals surface area contributed by atoms with Crippen LogP contribution in [0.4, 0.5) is 0 Å². The average Bonchev–Trinajstić information content (AvgIpc) is 2.65. The van der Waals surface area contributed by atoms with Gasteiger partial charge in [-0.2, -0.15) is 0 Å². The maximum absolute atomic E-state index is 11.5. The van der Waals surface area contributed by atoms with E-state index >= 15 is 0 Å². The normalized spacial score (nSPS) is 45.3. The highest BCUT2D eigenvalue weighted by atomic mass is 16.5. The van der Waals surface area contributed by atoms with E-state index in [2.05, 4.69) is 5.32 Å². The van der Waals surface area contributed by atoms with Crippen molar-refractivity contribution in [3.8, 4) is 0 Å². The van der Waals surface area contributed by atoms with Gasteiger partial charge < -0.3 is 10.1 Å². The first-order valence-electron chi connectivity index (χ1n) is 6.18. The fourth-order valence-corrected chi connectivity index (χ4v) is 3.94. The summed E-state index contributed by atoms with van der Waals surface area (Å²) in [5.74, 6) is 3.59. The molecular weight excluding hydrogens is 190 g/mol. The van der Waals surface area contributed by atoms with Crippen molar-refractivity contribution in [1.29, 1.82) is 0 Å². The second kappa shape index (κ2) is 3.48. The first-order valence-corrected chi connectivity index (χ1v) is 6.18. The van der Waals surface area contributed by atoms with Crippen molar-refractivity contribution < 1.29 is 9.53 Å². The van der Waals surface area contributed by atoms with E-state index < -0.39 is 0 Å². The van der Waals surface area contributed by atoms with Crippen LogP contribution in [0.15, 0.2) is 0 Å². The summed E-state index contributed by atoms with van der Waals surface area (Å²) in [5.41, 5.74) is 0. The number of rotatable bonds is 4. The first kappa shape index (κ1) is 9.64. The van der Waals surface area contributed by atoms with Gasteiger partial charge in [-0.1, -0.05) is 0 Å². The lowest BCUT2D eigenvalue weighted by Crippen LogP contribution is -2.32. The van der Waals surface area contributed by atoms with Crippen LogP contribution in [-0.4, -0.2) is 25.2 Å². The number of nitrogens with one attached hydrogen (secondary N) is 1. The smallest absolute Gasteiger partial charge is 0.246 e. The van der Waals surface area contributed by atoms with Gasteiger partial charge in [0.1, 0.15) is 6.61 Å². The van der Waals surface area contributed by atoms with E-state index in [0.29, 0.717) is 12.6 Å². The lowest BCUT2D eigenvalue weighted by atomic mass is 10.0. The zero-order valence-electron chi connectivity index (χ0n) is 9.24. The Balaban J connectivity index is 1.49. The van der Waals surface area contributed by atoms with Crippen LogP contribution in [-0.2, 0) is 9.53 Å². The van der Waals surface area contributed by atoms with Crippen LogP contribution in [0, 0.1) is 23.7 Å². The third kappa shape index (κ3) is 1.48. The van der Waals surface area contributed by atoms with Crippen LogP contribution < -0.4 is 5.32 Å². The highest BCUT2D eigenvalue weighted by Crippen LogP contribution is 2.65. The van der Waals surface area contributed by atoms with E-state index in [-0.39, 0.29) is 12.5 Å². The molecule has 3 heteroatoms. The van der Waals surface area contributed by atoms with Gasteiger partial charge in [0, 0.05) is 12.6 Å². The molecule has 0 aromatic carbocycles. The molecule has 15 heavy (non-hydrogen) atoms. The Morgan fingerprint density at radius 3 is 2.60 bits per heavy atom. The van der Waals surface area contributed by atoms with E-state index in [4.69, 9.17) is 4.74 Å². The predicted octanol–water partition coefficient (Wildman–Crippen LogP) is 1.18. The summed E-state index contributed by atoms with van der Waals surface area (Å²) in [4.78, 5) is 11.5. The van der Waals surface area contributed by atoms with Gasteiger partial charge in [0.15, 0.2) is 0 Å². The lowest BCUT2D eigenvalue weighted by Gasteiger charge is -2.10. The summed E-state index contributed by atoms with van der Waals surface area (Å²) in [6.07, 6.45) is 4.25. The molecule has 0 heterocycles. The second-order valence-electron chi connectivity index (χ2n) is 5.22. The van der Waals surface area contributed by atoms with Crippen molar-refractivity contribution in [2.75, 3.05) is 13.2 Å². The molecule has 3 aliphatic carbocycles. The van der Waals surface area contributed by atoms with E-state index in [1.165, 1.54) is 19.3 Å². The van der Waals surface area contributed by atoms with Crippen molar-refractivity contribution in [1.82, 2.24) is 5.32 Å². The summed E-state index contributed by atoms with van der Waals surface area (Å²) in [6.45, 7) is 2.78. The van der Waals surface area contributed by atoms with Crippen LogP contribution in [0.2, 0.25) is 0 Å². The van der Waals surface area contributed by atoms with Crippen molar-refractivity contribution in [3.05, 3.63) is 0 Å². The molecule has 2 bridgehead atoms. The van der Waals surface area contributed by atoms with Gasteiger partial charge in [-0.25, -0.2) is 0 Å². The third-order valence-corrected chi connectivity index (χ3v) is 4.50. The summed E-state index contributed by atoms with van der Waals surface area (Å²) in [5, 5.41) is 3.13. The minimum atomic E-state index is 0.0793. The second-order valence-corrected chi connectivity index (χ2v) is 5.22. The Hall–Kier alpha value is -0.570. The zero-order valence-corrected chi connectivity index (χ0v) is 9.24. The summed E-state index contributed by atoms with van der Waals surface area (Å²) < 4.78 is 5.10. The molecule has 3 rings (SSSR count). The molecule has 84 valence electrons. The third-order valence-electron chi connectivity index (χ3n) is 4.50. The minimum absolute atomic E-state index is 0.0793. The number of carbonyl (C=O) groups is 1. The number of hydrogen-bond donors (Lipinski definition) is 1. The van der Waals surface area contributed by atoms with E-state index in [9.17, 15) is 4.79 Å². The largest absolute Gasteiger partial charge is 0.372 e. The highest BCUT2D eigenvalue weighted by Gasteiger charge is 2.65. The van der Waals surface area contributed by atoms with Crippen molar-refractivity contribution in [2.24, 2.45) is 23.7 Å². The molecule has 1 N–H and O–H groups in total. The SMILES string of the molecule is CCOCC(=O)NC1C2C3CCC(C3)C12. The minimum Gasteiger partial charge on any atom is -0.372 e.